The summed E-state index contributed by atoms with van der Waals surface area (Å²) in [5.74, 6) is 0.935. The number of carbonyl (C=O) groups excluding carboxylic acids is 1. The Morgan fingerprint density at radius 1 is 1.07 bits per heavy atom. The Bertz CT molecular complexity index is 928. The summed E-state index contributed by atoms with van der Waals surface area (Å²) in [5.41, 5.74) is 1.53. The predicted molar refractivity (Wildman–Crippen MR) is 106 cm³/mol. The predicted octanol–water partition coefficient (Wildman–Crippen LogP) is 4.25. The maximum Gasteiger partial charge on any atom is 0.261 e. The molecule has 0 aliphatic heterocycles. The van der Waals surface area contributed by atoms with Crippen LogP contribution in [0, 0.1) is 0 Å². The Hall–Kier alpha value is -2.64. The Morgan fingerprint density at radius 3 is 2.56 bits per heavy atom. The van der Waals surface area contributed by atoms with E-state index < -0.39 is 0 Å². The fourth-order valence-corrected chi connectivity index (χ4v) is 3.38. The van der Waals surface area contributed by atoms with Gasteiger partial charge in [-0.05, 0) is 42.3 Å². The van der Waals surface area contributed by atoms with Crippen molar-refractivity contribution in [2.45, 2.75) is 12.8 Å². The van der Waals surface area contributed by atoms with Gasteiger partial charge in [-0.15, -0.1) is 10.2 Å². The third-order valence-corrected chi connectivity index (χ3v) is 5.01. The van der Waals surface area contributed by atoms with E-state index in [1.165, 1.54) is 24.0 Å². The molecule has 0 saturated carbocycles. The smallest absolute Gasteiger partial charge is 0.261 e. The van der Waals surface area contributed by atoms with Crippen LogP contribution in [0.15, 0.2) is 42.5 Å². The highest BCUT2D eigenvalue weighted by atomic mass is 35.5. The van der Waals surface area contributed by atoms with E-state index in [4.69, 9.17) is 21.1 Å². The Kier molecular flexibility index (Phi) is 6.26. The van der Waals surface area contributed by atoms with Crippen LogP contribution in [0.2, 0.25) is 5.02 Å². The molecular weight excluding hydrogens is 386 g/mol. The van der Waals surface area contributed by atoms with Crippen LogP contribution in [-0.2, 0) is 12.8 Å². The van der Waals surface area contributed by atoms with E-state index in [1.54, 1.807) is 25.3 Å². The molecule has 3 rings (SSSR count). The Labute approximate surface area is 166 Å². The van der Waals surface area contributed by atoms with Crippen molar-refractivity contribution in [3.63, 3.8) is 0 Å². The number of amides is 1. The molecule has 1 aromatic heterocycles. The number of anilines is 1. The molecule has 1 amide bonds. The molecule has 0 radical (unpaired) electrons. The van der Waals surface area contributed by atoms with E-state index in [9.17, 15) is 4.79 Å². The molecule has 6 nitrogen and oxygen atoms in total. The highest BCUT2D eigenvalue weighted by Gasteiger charge is 2.15. The summed E-state index contributed by atoms with van der Waals surface area (Å²) in [6.45, 7) is 0. The first-order valence-electron chi connectivity index (χ1n) is 8.19. The SMILES string of the molecule is COc1ccc(CCc2nnc(NC(=O)c3cc(Cl)ccc3OC)s2)cc1. The van der Waals surface area contributed by atoms with Gasteiger partial charge in [-0.1, -0.05) is 35.1 Å². The van der Waals surface area contributed by atoms with Gasteiger partial charge in [0.25, 0.3) is 5.91 Å². The number of benzene rings is 2. The lowest BCUT2D eigenvalue weighted by Crippen LogP contribution is -2.13. The van der Waals surface area contributed by atoms with Crippen LogP contribution in [0.5, 0.6) is 11.5 Å². The van der Waals surface area contributed by atoms with Crippen molar-refractivity contribution in [3.05, 3.63) is 63.6 Å². The molecule has 2 aromatic carbocycles. The number of hydrogen-bond donors (Lipinski definition) is 1. The third kappa shape index (κ3) is 4.96. The molecule has 0 bridgehead atoms. The molecule has 1 N–H and O–H groups in total. The minimum atomic E-state index is -0.341. The van der Waals surface area contributed by atoms with Crippen molar-refractivity contribution in [1.82, 2.24) is 10.2 Å². The minimum absolute atomic E-state index is 0.341. The Balaban J connectivity index is 1.62. The standard InChI is InChI=1S/C19H18ClN3O3S/c1-25-14-7-3-12(4-8-14)5-10-17-22-23-19(27-17)21-18(24)15-11-13(20)6-9-16(15)26-2/h3-4,6-9,11H,5,10H2,1-2H3,(H,21,23,24). The zero-order valence-electron chi connectivity index (χ0n) is 14.9. The second kappa shape index (κ2) is 8.83. The summed E-state index contributed by atoms with van der Waals surface area (Å²) in [6, 6.07) is 12.8. The van der Waals surface area contributed by atoms with E-state index in [1.807, 2.05) is 24.3 Å². The molecule has 0 atom stereocenters. The number of carbonyl (C=O) groups is 1. The quantitative estimate of drug-likeness (QED) is 0.638. The fourth-order valence-electron chi connectivity index (χ4n) is 2.47. The van der Waals surface area contributed by atoms with Gasteiger partial charge in [0.15, 0.2) is 0 Å². The maximum atomic E-state index is 12.5. The van der Waals surface area contributed by atoms with Crippen molar-refractivity contribution >= 4 is 34.0 Å². The lowest BCUT2D eigenvalue weighted by molar-refractivity contribution is 0.102. The first-order chi connectivity index (χ1) is 13.1. The van der Waals surface area contributed by atoms with Gasteiger partial charge in [0.05, 0.1) is 19.8 Å². The molecule has 0 aliphatic rings. The number of halogens is 1. The number of aromatic nitrogens is 2. The summed E-state index contributed by atoms with van der Waals surface area (Å²) in [4.78, 5) is 12.5. The first-order valence-corrected chi connectivity index (χ1v) is 9.38. The van der Waals surface area contributed by atoms with E-state index in [2.05, 4.69) is 15.5 Å². The van der Waals surface area contributed by atoms with Crippen LogP contribution in [0.1, 0.15) is 20.9 Å². The fraction of sp³-hybridized carbons (Fsp3) is 0.211. The second-order valence-electron chi connectivity index (χ2n) is 5.65. The van der Waals surface area contributed by atoms with Crippen molar-refractivity contribution < 1.29 is 14.3 Å². The van der Waals surface area contributed by atoms with E-state index >= 15 is 0 Å². The summed E-state index contributed by atoms with van der Waals surface area (Å²) in [7, 11) is 3.15. The average Bonchev–Trinajstić information content (AvgIpc) is 3.14. The van der Waals surface area contributed by atoms with Crippen molar-refractivity contribution in [3.8, 4) is 11.5 Å². The van der Waals surface area contributed by atoms with Crippen LogP contribution in [0.3, 0.4) is 0 Å². The minimum Gasteiger partial charge on any atom is -0.497 e. The number of methoxy groups -OCH3 is 2. The van der Waals surface area contributed by atoms with Crippen LogP contribution in [0.4, 0.5) is 5.13 Å². The molecular formula is C19H18ClN3O3S. The molecule has 0 saturated heterocycles. The zero-order chi connectivity index (χ0) is 19.2. The molecule has 8 heteroatoms. The van der Waals surface area contributed by atoms with E-state index in [0.717, 1.165) is 23.6 Å². The number of aryl methyl sites for hydroxylation is 2. The van der Waals surface area contributed by atoms with Gasteiger partial charge in [0.2, 0.25) is 5.13 Å². The van der Waals surface area contributed by atoms with Crippen LogP contribution in [-0.4, -0.2) is 30.3 Å². The summed E-state index contributed by atoms with van der Waals surface area (Å²) in [6.07, 6.45) is 1.56. The van der Waals surface area contributed by atoms with Crippen LogP contribution < -0.4 is 14.8 Å². The highest BCUT2D eigenvalue weighted by molar-refractivity contribution is 7.15. The van der Waals surface area contributed by atoms with E-state index in [0.29, 0.717) is 21.5 Å². The zero-order valence-corrected chi connectivity index (χ0v) is 16.4. The van der Waals surface area contributed by atoms with Gasteiger partial charge >= 0.3 is 0 Å². The number of nitrogens with one attached hydrogen (secondary N) is 1. The molecule has 27 heavy (non-hydrogen) atoms. The highest BCUT2D eigenvalue weighted by Crippen LogP contribution is 2.25. The monoisotopic (exact) mass is 403 g/mol. The summed E-state index contributed by atoms with van der Waals surface area (Å²) in [5, 5.41) is 12.7. The van der Waals surface area contributed by atoms with Gasteiger partial charge < -0.3 is 9.47 Å². The molecule has 3 aromatic rings. The largest absolute Gasteiger partial charge is 0.497 e. The van der Waals surface area contributed by atoms with Gasteiger partial charge in [0, 0.05) is 11.4 Å². The number of ether oxygens (including phenoxy) is 2. The van der Waals surface area contributed by atoms with Gasteiger partial charge in [-0.2, -0.15) is 0 Å². The van der Waals surface area contributed by atoms with Crippen molar-refractivity contribution in [2.24, 2.45) is 0 Å². The van der Waals surface area contributed by atoms with Gasteiger partial charge in [0.1, 0.15) is 16.5 Å². The molecule has 0 aliphatic carbocycles. The van der Waals surface area contributed by atoms with Gasteiger partial charge in [-0.25, -0.2) is 0 Å². The summed E-state index contributed by atoms with van der Waals surface area (Å²) >= 11 is 7.32. The lowest BCUT2D eigenvalue weighted by Gasteiger charge is -2.07. The third-order valence-electron chi connectivity index (χ3n) is 3.88. The van der Waals surface area contributed by atoms with Gasteiger partial charge in [-0.3, -0.25) is 10.1 Å². The first kappa shape index (κ1) is 19.1. The van der Waals surface area contributed by atoms with Crippen LogP contribution in [0.25, 0.3) is 0 Å². The molecule has 0 unspecified atom stereocenters. The maximum absolute atomic E-state index is 12.5. The number of rotatable bonds is 7. The number of nitrogens with zero attached hydrogens (tertiary/aromatic N) is 2. The number of hydrogen-bond acceptors (Lipinski definition) is 6. The van der Waals surface area contributed by atoms with Crippen LogP contribution >= 0.6 is 22.9 Å². The van der Waals surface area contributed by atoms with Crippen molar-refractivity contribution in [2.75, 3.05) is 19.5 Å². The Morgan fingerprint density at radius 2 is 1.85 bits per heavy atom. The second-order valence-corrected chi connectivity index (χ2v) is 7.15. The molecule has 0 fully saturated rings. The van der Waals surface area contributed by atoms with E-state index in [-0.39, 0.29) is 5.91 Å². The summed E-state index contributed by atoms with van der Waals surface area (Å²) < 4.78 is 10.4. The lowest BCUT2D eigenvalue weighted by atomic mass is 10.1. The average molecular weight is 404 g/mol. The normalized spacial score (nSPS) is 10.5. The molecule has 0 spiro atoms. The van der Waals surface area contributed by atoms with Crippen molar-refractivity contribution in [1.29, 1.82) is 0 Å². The molecule has 140 valence electrons. The topological polar surface area (TPSA) is 73.3 Å². The molecule has 1 heterocycles.